The molecule has 0 aromatic rings. The third-order valence-corrected chi connectivity index (χ3v) is 4.19. The summed E-state index contributed by atoms with van der Waals surface area (Å²) in [5.74, 6) is -0.796. The van der Waals surface area contributed by atoms with Gasteiger partial charge in [-0.2, -0.15) is 0 Å². The van der Waals surface area contributed by atoms with E-state index in [1.807, 2.05) is 32.1 Å². The number of hydrogen-bond donors (Lipinski definition) is 1. The van der Waals surface area contributed by atoms with Crippen LogP contribution in [0.15, 0.2) is 36.0 Å². The molecule has 2 saturated heterocycles. The molecule has 4 heteroatoms. The van der Waals surface area contributed by atoms with E-state index in [1.54, 1.807) is 0 Å². The Balaban J connectivity index is 1.97. The second-order valence-electron chi connectivity index (χ2n) is 5.81. The second-order valence-corrected chi connectivity index (χ2v) is 5.81. The Morgan fingerprint density at radius 3 is 3.00 bits per heavy atom. The van der Waals surface area contributed by atoms with Gasteiger partial charge in [0.1, 0.15) is 12.2 Å². The standard InChI is InChI=1S/C15H18O4/c1-8-4-5-12-15(3,19-12)7-10(16)13-9(2)14(17)18-11(13)6-8/h4-6,10-13,16H,2,7H2,1,3H3/t10-,11-,12+,13?,15+/m1/s1. The Morgan fingerprint density at radius 2 is 2.26 bits per heavy atom. The molecule has 0 saturated carbocycles. The molecule has 0 aromatic heterocycles. The van der Waals surface area contributed by atoms with Crippen molar-refractivity contribution in [2.45, 2.75) is 44.2 Å². The molecule has 1 unspecified atom stereocenters. The fourth-order valence-corrected chi connectivity index (χ4v) is 2.96. The van der Waals surface area contributed by atoms with E-state index in [-0.39, 0.29) is 17.6 Å². The van der Waals surface area contributed by atoms with Gasteiger partial charge in [-0.1, -0.05) is 24.3 Å². The molecule has 2 heterocycles. The van der Waals surface area contributed by atoms with Crippen LogP contribution in [-0.2, 0) is 14.3 Å². The van der Waals surface area contributed by atoms with Gasteiger partial charge in [0.15, 0.2) is 0 Å². The molecule has 2 fully saturated rings. The molecule has 3 aliphatic rings. The van der Waals surface area contributed by atoms with E-state index in [9.17, 15) is 9.90 Å². The van der Waals surface area contributed by atoms with Gasteiger partial charge in [-0.3, -0.25) is 0 Å². The number of aliphatic hydroxyl groups is 1. The van der Waals surface area contributed by atoms with Gasteiger partial charge >= 0.3 is 5.97 Å². The van der Waals surface area contributed by atoms with Gasteiger partial charge in [-0.05, 0) is 19.9 Å². The van der Waals surface area contributed by atoms with Gasteiger partial charge in [0, 0.05) is 12.0 Å². The zero-order valence-electron chi connectivity index (χ0n) is 11.1. The number of rotatable bonds is 0. The minimum absolute atomic E-state index is 0.0355. The summed E-state index contributed by atoms with van der Waals surface area (Å²) >= 11 is 0. The van der Waals surface area contributed by atoms with E-state index in [2.05, 4.69) is 6.58 Å². The lowest BCUT2D eigenvalue weighted by atomic mass is 9.84. The minimum atomic E-state index is -0.686. The van der Waals surface area contributed by atoms with Gasteiger partial charge in [0.05, 0.1) is 17.6 Å². The predicted octanol–water partition coefficient (Wildman–Crippen LogP) is 1.51. The number of carbonyl (C=O) groups excluding carboxylic acids is 1. The van der Waals surface area contributed by atoms with Crippen LogP contribution >= 0.6 is 0 Å². The number of epoxide rings is 1. The van der Waals surface area contributed by atoms with E-state index < -0.39 is 18.2 Å². The van der Waals surface area contributed by atoms with E-state index in [0.29, 0.717) is 12.0 Å². The van der Waals surface area contributed by atoms with Gasteiger partial charge in [-0.15, -0.1) is 0 Å². The van der Waals surface area contributed by atoms with Crippen molar-refractivity contribution in [1.82, 2.24) is 0 Å². The molecule has 3 rings (SSSR count). The van der Waals surface area contributed by atoms with Crippen molar-refractivity contribution in [2.24, 2.45) is 5.92 Å². The van der Waals surface area contributed by atoms with Crippen molar-refractivity contribution in [2.75, 3.05) is 0 Å². The number of ether oxygens (including phenoxy) is 2. The summed E-state index contributed by atoms with van der Waals surface area (Å²) in [5.41, 5.74) is 1.00. The molecule has 102 valence electrons. The highest BCUT2D eigenvalue weighted by molar-refractivity contribution is 5.91. The summed E-state index contributed by atoms with van der Waals surface area (Å²) in [6.45, 7) is 7.67. The number of fused-ring (bicyclic) bond motifs is 2. The van der Waals surface area contributed by atoms with Crippen molar-refractivity contribution >= 4 is 5.97 Å². The van der Waals surface area contributed by atoms with Crippen LogP contribution in [0.25, 0.3) is 0 Å². The first-order chi connectivity index (χ1) is 8.90. The molecule has 5 atom stereocenters. The average Bonchev–Trinajstić information content (AvgIpc) is 2.86. The fourth-order valence-electron chi connectivity index (χ4n) is 2.96. The third-order valence-electron chi connectivity index (χ3n) is 4.19. The number of allylic oxidation sites excluding steroid dienone is 2. The van der Waals surface area contributed by atoms with Gasteiger partial charge < -0.3 is 14.6 Å². The lowest BCUT2D eigenvalue weighted by Crippen LogP contribution is -2.32. The maximum Gasteiger partial charge on any atom is 0.334 e. The molecule has 2 aliphatic heterocycles. The molecule has 4 nitrogen and oxygen atoms in total. The van der Waals surface area contributed by atoms with Crippen LogP contribution < -0.4 is 0 Å². The monoisotopic (exact) mass is 262 g/mol. The van der Waals surface area contributed by atoms with Crippen molar-refractivity contribution in [3.63, 3.8) is 0 Å². The summed E-state index contributed by atoms with van der Waals surface area (Å²) < 4.78 is 10.9. The van der Waals surface area contributed by atoms with E-state index in [4.69, 9.17) is 9.47 Å². The lowest BCUT2D eigenvalue weighted by molar-refractivity contribution is -0.137. The summed E-state index contributed by atoms with van der Waals surface area (Å²) in [4.78, 5) is 11.6. The van der Waals surface area contributed by atoms with Crippen LogP contribution in [0.1, 0.15) is 20.3 Å². The summed E-state index contributed by atoms with van der Waals surface area (Å²) in [6.07, 6.45) is 5.22. The highest BCUT2D eigenvalue weighted by atomic mass is 16.6. The molecule has 0 aromatic carbocycles. The van der Waals surface area contributed by atoms with Crippen molar-refractivity contribution in [3.05, 3.63) is 36.0 Å². The second kappa shape index (κ2) is 4.05. The van der Waals surface area contributed by atoms with Crippen molar-refractivity contribution in [1.29, 1.82) is 0 Å². The molecule has 0 amide bonds. The average molecular weight is 262 g/mol. The quantitative estimate of drug-likeness (QED) is 0.408. The number of aliphatic hydroxyl groups excluding tert-OH is 1. The maximum atomic E-state index is 11.6. The molecule has 1 aliphatic carbocycles. The molecule has 1 N–H and O–H groups in total. The Labute approximate surface area is 112 Å². The van der Waals surface area contributed by atoms with Gasteiger partial charge in [-0.25, -0.2) is 4.79 Å². The van der Waals surface area contributed by atoms with Crippen LogP contribution in [0, 0.1) is 5.92 Å². The number of hydrogen-bond acceptors (Lipinski definition) is 4. The fraction of sp³-hybridized carbons (Fsp3) is 0.533. The topological polar surface area (TPSA) is 59.1 Å². The van der Waals surface area contributed by atoms with Crippen LogP contribution in [0.5, 0.6) is 0 Å². The first-order valence-corrected chi connectivity index (χ1v) is 6.53. The largest absolute Gasteiger partial charge is 0.454 e. The molecular formula is C15H18O4. The smallest absolute Gasteiger partial charge is 0.334 e. The molecule has 0 spiro atoms. The first kappa shape index (κ1) is 12.6. The van der Waals surface area contributed by atoms with Crippen LogP contribution in [0.4, 0.5) is 0 Å². The number of carbonyl (C=O) groups is 1. The van der Waals surface area contributed by atoms with Gasteiger partial charge in [0.25, 0.3) is 0 Å². The summed E-state index contributed by atoms with van der Waals surface area (Å²) in [6, 6.07) is 0. The predicted molar refractivity (Wildman–Crippen MR) is 69.3 cm³/mol. The van der Waals surface area contributed by atoms with E-state index in [1.165, 1.54) is 0 Å². The van der Waals surface area contributed by atoms with Crippen molar-refractivity contribution in [3.8, 4) is 0 Å². The van der Waals surface area contributed by atoms with E-state index >= 15 is 0 Å². The first-order valence-electron chi connectivity index (χ1n) is 6.53. The molecule has 0 bridgehead atoms. The molecule has 0 radical (unpaired) electrons. The van der Waals surface area contributed by atoms with E-state index in [0.717, 1.165) is 5.57 Å². The number of esters is 1. The Hall–Kier alpha value is -1.39. The normalized spacial score (nSPS) is 45.1. The maximum absolute atomic E-state index is 11.6. The SMILES string of the molecule is C=C1C(=O)O[C@@H]2C=C(C)C=C[C@@H]3O[C@@]3(C)C[C@@H](O)C12. The highest BCUT2D eigenvalue weighted by Crippen LogP contribution is 2.45. The third kappa shape index (κ3) is 2.05. The Bertz CT molecular complexity index is 504. The minimum Gasteiger partial charge on any atom is -0.454 e. The van der Waals surface area contributed by atoms with Gasteiger partial charge in [0.2, 0.25) is 0 Å². The zero-order chi connectivity index (χ0) is 13.8. The van der Waals surface area contributed by atoms with Crippen molar-refractivity contribution < 1.29 is 19.4 Å². The molecule has 19 heavy (non-hydrogen) atoms. The van der Waals surface area contributed by atoms with Crippen LogP contribution in [0.3, 0.4) is 0 Å². The zero-order valence-corrected chi connectivity index (χ0v) is 11.1. The Kier molecular flexibility index (Phi) is 2.69. The Morgan fingerprint density at radius 1 is 1.53 bits per heavy atom. The molecular weight excluding hydrogens is 244 g/mol. The summed E-state index contributed by atoms with van der Waals surface area (Å²) in [7, 11) is 0. The lowest BCUT2D eigenvalue weighted by Gasteiger charge is -2.23. The van der Waals surface area contributed by atoms with Crippen LogP contribution in [0.2, 0.25) is 0 Å². The highest BCUT2D eigenvalue weighted by Gasteiger charge is 2.54. The van der Waals surface area contributed by atoms with Crippen LogP contribution in [-0.4, -0.2) is 35.0 Å². The summed E-state index contributed by atoms with van der Waals surface area (Å²) in [5, 5.41) is 10.4.